The van der Waals surface area contributed by atoms with E-state index in [0.29, 0.717) is 0 Å². The molecule has 3 rings (SSSR count). The third kappa shape index (κ3) is 2.93. The highest BCUT2D eigenvalue weighted by Crippen LogP contribution is 2.31. The summed E-state index contributed by atoms with van der Waals surface area (Å²) in [4.78, 5) is 0. The van der Waals surface area contributed by atoms with E-state index >= 15 is 0 Å². The van der Waals surface area contributed by atoms with E-state index < -0.39 is 0 Å². The van der Waals surface area contributed by atoms with Crippen LogP contribution in [0.5, 0.6) is 0 Å². The Bertz CT molecular complexity index is 611. The van der Waals surface area contributed by atoms with E-state index in [-0.39, 0.29) is 0 Å². The summed E-state index contributed by atoms with van der Waals surface area (Å²) < 4.78 is 0. The Labute approximate surface area is 119 Å². The fourth-order valence-electron chi connectivity index (χ4n) is 2.22. The number of hydrogen-bond donors (Lipinski definition) is 0. The normalized spacial score (nSPS) is 9.30. The third-order valence-corrected chi connectivity index (χ3v) is 3.10. The smallest absolute Gasteiger partial charge is 0.0462 e. The van der Waals surface area contributed by atoms with Crippen LogP contribution in [0, 0.1) is 11.8 Å². The summed E-state index contributed by atoms with van der Waals surface area (Å²) in [5.74, 6) is 0. The molecule has 0 aromatic heterocycles. The minimum absolute atomic E-state index is 1.26. The summed E-state index contributed by atoms with van der Waals surface area (Å²) in [6.45, 7) is 3.50. The van der Waals surface area contributed by atoms with E-state index in [1.165, 1.54) is 22.3 Å². The monoisotopic (exact) mass is 257 g/mol. The lowest BCUT2D eigenvalue weighted by molar-refractivity contribution is 1.58. The van der Waals surface area contributed by atoms with Crippen molar-refractivity contribution >= 4 is 0 Å². The molecule has 0 atom stereocenters. The standard InChI is InChI=1S/C18H14.CHN/c1-3-9-15(10-4-1)17-13-7-8-14-18(17)16-11-5-2-6-12-16;1-2/h1-14H;1H. The van der Waals surface area contributed by atoms with E-state index in [4.69, 9.17) is 5.26 Å². The Morgan fingerprint density at radius 2 is 0.750 bits per heavy atom. The molecule has 20 heavy (non-hydrogen) atoms. The Kier molecular flexibility index (Phi) is 4.70. The highest BCUT2D eigenvalue weighted by Gasteiger charge is 2.05. The predicted molar refractivity (Wildman–Crippen MR) is 84.0 cm³/mol. The molecule has 0 heterocycles. The van der Waals surface area contributed by atoms with E-state index in [1.54, 1.807) is 0 Å². The molecular weight excluding hydrogens is 242 g/mol. The average Bonchev–Trinajstić information content (AvgIpc) is 2.58. The van der Waals surface area contributed by atoms with Gasteiger partial charge in [-0.2, -0.15) is 0 Å². The maximum Gasteiger partial charge on any atom is 0.0462 e. The Morgan fingerprint density at radius 1 is 0.450 bits per heavy atom. The van der Waals surface area contributed by atoms with Gasteiger partial charge >= 0.3 is 0 Å². The second kappa shape index (κ2) is 6.92. The summed E-state index contributed by atoms with van der Waals surface area (Å²) in [5, 5.41) is 6.50. The fraction of sp³-hybridized carbons (Fsp3) is 0. The highest BCUT2D eigenvalue weighted by molar-refractivity contribution is 5.83. The molecule has 0 aliphatic carbocycles. The number of rotatable bonds is 2. The van der Waals surface area contributed by atoms with E-state index in [2.05, 4.69) is 91.5 Å². The topological polar surface area (TPSA) is 23.8 Å². The first-order chi connectivity index (χ1) is 9.95. The van der Waals surface area contributed by atoms with Gasteiger partial charge in [0, 0.05) is 6.57 Å². The van der Waals surface area contributed by atoms with Crippen LogP contribution >= 0.6 is 0 Å². The molecule has 0 bridgehead atoms. The first-order valence-corrected chi connectivity index (χ1v) is 6.41. The van der Waals surface area contributed by atoms with Gasteiger partial charge in [0.25, 0.3) is 0 Å². The second-order valence-corrected chi connectivity index (χ2v) is 4.28. The molecule has 0 aliphatic heterocycles. The fourth-order valence-corrected chi connectivity index (χ4v) is 2.22. The van der Waals surface area contributed by atoms with Crippen LogP contribution in [-0.4, -0.2) is 0 Å². The van der Waals surface area contributed by atoms with Gasteiger partial charge in [0.15, 0.2) is 0 Å². The molecule has 1 heteroatoms. The molecule has 0 amide bonds. The molecule has 1 nitrogen and oxygen atoms in total. The van der Waals surface area contributed by atoms with Gasteiger partial charge < -0.3 is 0 Å². The summed E-state index contributed by atoms with van der Waals surface area (Å²) >= 11 is 0. The van der Waals surface area contributed by atoms with Gasteiger partial charge in [-0.05, 0) is 22.3 Å². The van der Waals surface area contributed by atoms with Gasteiger partial charge in [-0.1, -0.05) is 84.9 Å². The zero-order valence-electron chi connectivity index (χ0n) is 11.1. The van der Waals surface area contributed by atoms with Crippen molar-refractivity contribution in [2.75, 3.05) is 0 Å². The van der Waals surface area contributed by atoms with Crippen molar-refractivity contribution in [3.8, 4) is 28.8 Å². The number of nitrogens with zero attached hydrogens (tertiary/aromatic N) is 1. The molecule has 0 aliphatic rings. The zero-order chi connectivity index (χ0) is 14.2. The summed E-state index contributed by atoms with van der Waals surface area (Å²) in [6.07, 6.45) is 0. The van der Waals surface area contributed by atoms with Crippen LogP contribution in [0.1, 0.15) is 0 Å². The van der Waals surface area contributed by atoms with Gasteiger partial charge in [-0.25, -0.2) is 5.26 Å². The molecule has 0 saturated heterocycles. The highest BCUT2D eigenvalue weighted by atomic mass is 14.2. The molecule has 3 aromatic carbocycles. The first kappa shape index (κ1) is 13.6. The van der Waals surface area contributed by atoms with Crippen LogP contribution in [0.25, 0.3) is 22.3 Å². The van der Waals surface area contributed by atoms with Crippen molar-refractivity contribution in [1.82, 2.24) is 0 Å². The van der Waals surface area contributed by atoms with Crippen molar-refractivity contribution in [2.45, 2.75) is 0 Å². The molecule has 0 fully saturated rings. The van der Waals surface area contributed by atoms with Crippen molar-refractivity contribution < 1.29 is 0 Å². The van der Waals surface area contributed by atoms with Crippen LogP contribution in [0.3, 0.4) is 0 Å². The average molecular weight is 257 g/mol. The van der Waals surface area contributed by atoms with E-state index in [0.717, 1.165) is 0 Å². The van der Waals surface area contributed by atoms with Crippen LogP contribution in [0.2, 0.25) is 0 Å². The first-order valence-electron chi connectivity index (χ1n) is 6.41. The van der Waals surface area contributed by atoms with Crippen LogP contribution in [0.4, 0.5) is 0 Å². The third-order valence-electron chi connectivity index (χ3n) is 3.10. The Hall–Kier alpha value is -2.85. The van der Waals surface area contributed by atoms with E-state index in [9.17, 15) is 0 Å². The molecule has 0 saturated carbocycles. The molecular formula is C19H15N. The van der Waals surface area contributed by atoms with Crippen molar-refractivity contribution in [1.29, 1.82) is 5.26 Å². The molecule has 96 valence electrons. The van der Waals surface area contributed by atoms with Crippen LogP contribution < -0.4 is 0 Å². The van der Waals surface area contributed by atoms with Crippen molar-refractivity contribution in [3.05, 3.63) is 84.9 Å². The van der Waals surface area contributed by atoms with Gasteiger partial charge in [0.2, 0.25) is 0 Å². The summed E-state index contributed by atoms with van der Waals surface area (Å²) in [5.41, 5.74) is 5.09. The van der Waals surface area contributed by atoms with Gasteiger partial charge in [0.05, 0.1) is 0 Å². The lowest BCUT2D eigenvalue weighted by Gasteiger charge is -2.09. The minimum Gasteiger partial charge on any atom is -0.202 e. The largest absolute Gasteiger partial charge is 0.202 e. The molecule has 0 unspecified atom stereocenters. The molecule has 3 aromatic rings. The number of nitriles is 1. The predicted octanol–water partition coefficient (Wildman–Crippen LogP) is 5.16. The van der Waals surface area contributed by atoms with Gasteiger partial charge in [-0.3, -0.25) is 0 Å². The quantitative estimate of drug-likeness (QED) is 0.622. The molecule has 0 spiro atoms. The summed E-state index contributed by atoms with van der Waals surface area (Å²) in [7, 11) is 0. The maximum absolute atomic E-state index is 6.50. The van der Waals surface area contributed by atoms with Crippen molar-refractivity contribution in [3.63, 3.8) is 0 Å². The molecule has 0 N–H and O–H groups in total. The maximum atomic E-state index is 6.50. The van der Waals surface area contributed by atoms with Crippen LogP contribution in [-0.2, 0) is 0 Å². The zero-order valence-corrected chi connectivity index (χ0v) is 11.1. The SMILES string of the molecule is C#N.c1ccc(-c2ccccc2-c2ccccc2)cc1. The number of benzene rings is 3. The lowest BCUT2D eigenvalue weighted by atomic mass is 9.95. The van der Waals surface area contributed by atoms with Gasteiger partial charge in [-0.15, -0.1) is 0 Å². The van der Waals surface area contributed by atoms with E-state index in [1.807, 2.05) is 0 Å². The summed E-state index contributed by atoms with van der Waals surface area (Å²) in [6, 6.07) is 29.6. The minimum atomic E-state index is 1.26. The lowest BCUT2D eigenvalue weighted by Crippen LogP contribution is -1.83. The van der Waals surface area contributed by atoms with Gasteiger partial charge in [0.1, 0.15) is 0 Å². The van der Waals surface area contributed by atoms with Crippen LogP contribution in [0.15, 0.2) is 84.9 Å². The molecule has 0 radical (unpaired) electrons. The number of hydrogen-bond acceptors (Lipinski definition) is 1. The Balaban J connectivity index is 0.000000704. The second-order valence-electron chi connectivity index (χ2n) is 4.28. The Morgan fingerprint density at radius 3 is 1.10 bits per heavy atom. The van der Waals surface area contributed by atoms with Crippen molar-refractivity contribution in [2.24, 2.45) is 0 Å².